The summed E-state index contributed by atoms with van der Waals surface area (Å²) in [6, 6.07) is 0. The van der Waals surface area contributed by atoms with Crippen molar-refractivity contribution in [3.63, 3.8) is 0 Å². The summed E-state index contributed by atoms with van der Waals surface area (Å²) in [6.45, 7) is 2.44. The largest absolute Gasteiger partial charge is 0.352 e. The number of ketones is 1. The van der Waals surface area contributed by atoms with Gasteiger partial charge in [0.05, 0.1) is 17.7 Å². The molecule has 1 aliphatic heterocycles. The highest BCUT2D eigenvalue weighted by Gasteiger charge is 2.26. The Labute approximate surface area is 108 Å². The van der Waals surface area contributed by atoms with Crippen LogP contribution >= 0.6 is 11.5 Å². The topological polar surface area (TPSA) is 88.2 Å². The van der Waals surface area contributed by atoms with Crippen molar-refractivity contribution >= 4 is 29.1 Å². The zero-order valence-corrected chi connectivity index (χ0v) is 10.7. The van der Waals surface area contributed by atoms with E-state index in [0.717, 1.165) is 11.5 Å². The molecule has 2 heterocycles. The van der Waals surface area contributed by atoms with Gasteiger partial charge in [0.15, 0.2) is 0 Å². The van der Waals surface area contributed by atoms with Gasteiger partial charge in [0.2, 0.25) is 0 Å². The lowest BCUT2D eigenvalue weighted by Crippen LogP contribution is -2.26. The Hall–Kier alpha value is -1.76. The zero-order chi connectivity index (χ0) is 13.1. The number of carbonyl (C=O) groups is 3. The normalized spacial score (nSPS) is 15.8. The SMILES string of the molecule is CC(=O)Cc1nsc2c1C(=O)NCCCNC2=O. The third-order valence-corrected chi connectivity index (χ3v) is 3.42. The molecule has 0 atom stereocenters. The second kappa shape index (κ2) is 5.26. The number of hydrogen-bond donors (Lipinski definition) is 2. The fourth-order valence-corrected chi connectivity index (χ4v) is 2.54. The Balaban J connectivity index is 2.43. The van der Waals surface area contributed by atoms with Crippen LogP contribution in [0.2, 0.25) is 0 Å². The van der Waals surface area contributed by atoms with Crippen LogP contribution in [0.4, 0.5) is 0 Å². The molecule has 1 aromatic heterocycles. The molecule has 96 valence electrons. The molecule has 2 N–H and O–H groups in total. The van der Waals surface area contributed by atoms with E-state index in [1.807, 2.05) is 0 Å². The average molecular weight is 267 g/mol. The van der Waals surface area contributed by atoms with Crippen molar-refractivity contribution in [3.8, 4) is 0 Å². The lowest BCUT2D eigenvalue weighted by Gasteiger charge is -2.03. The first-order valence-electron chi connectivity index (χ1n) is 5.64. The summed E-state index contributed by atoms with van der Waals surface area (Å²) < 4.78 is 4.05. The molecule has 7 heteroatoms. The summed E-state index contributed by atoms with van der Waals surface area (Å²) in [5, 5.41) is 5.45. The minimum Gasteiger partial charge on any atom is -0.352 e. The molecule has 0 unspecified atom stereocenters. The molecule has 0 saturated carbocycles. The van der Waals surface area contributed by atoms with Crippen molar-refractivity contribution in [2.75, 3.05) is 13.1 Å². The minimum absolute atomic E-state index is 0.0759. The number of aromatic nitrogens is 1. The van der Waals surface area contributed by atoms with E-state index in [-0.39, 0.29) is 34.5 Å². The molecule has 0 aliphatic carbocycles. The molecule has 0 saturated heterocycles. The summed E-state index contributed by atoms with van der Waals surface area (Å²) in [5.74, 6) is -0.711. The van der Waals surface area contributed by atoms with Crippen molar-refractivity contribution in [2.45, 2.75) is 19.8 Å². The molecular formula is C11H13N3O3S. The van der Waals surface area contributed by atoms with Gasteiger partial charge in [-0.3, -0.25) is 14.4 Å². The summed E-state index contributed by atoms with van der Waals surface area (Å²) in [6.07, 6.45) is 0.758. The number of nitrogens with one attached hydrogen (secondary N) is 2. The Morgan fingerprint density at radius 1 is 1.28 bits per heavy atom. The summed E-state index contributed by atoms with van der Waals surface area (Å²) in [4.78, 5) is 35.3. The molecule has 18 heavy (non-hydrogen) atoms. The number of amides is 2. The molecule has 0 radical (unpaired) electrons. The molecule has 1 aromatic rings. The van der Waals surface area contributed by atoms with E-state index in [4.69, 9.17) is 0 Å². The van der Waals surface area contributed by atoms with Crippen LogP contribution in [0.15, 0.2) is 0 Å². The maximum atomic E-state index is 12.0. The fraction of sp³-hybridized carbons (Fsp3) is 0.455. The number of carbonyl (C=O) groups excluding carboxylic acids is 3. The lowest BCUT2D eigenvalue weighted by molar-refractivity contribution is -0.116. The standard InChI is InChI=1S/C11H13N3O3S/c1-6(15)5-7-8-9(18-14-7)11(17)13-4-2-3-12-10(8)16/h2-5H2,1H3,(H,12,16)(H,13,17). The molecule has 2 rings (SSSR count). The van der Waals surface area contributed by atoms with Crippen LogP contribution < -0.4 is 10.6 Å². The zero-order valence-electron chi connectivity index (χ0n) is 9.91. The first-order valence-corrected chi connectivity index (χ1v) is 6.41. The molecular weight excluding hydrogens is 254 g/mol. The monoisotopic (exact) mass is 267 g/mol. The minimum atomic E-state index is -0.327. The van der Waals surface area contributed by atoms with Gasteiger partial charge in [0.1, 0.15) is 10.7 Å². The van der Waals surface area contributed by atoms with Crippen LogP contribution in [0.25, 0.3) is 0 Å². The van der Waals surface area contributed by atoms with E-state index in [1.54, 1.807) is 0 Å². The Kier molecular flexibility index (Phi) is 3.71. The molecule has 0 spiro atoms. The van der Waals surface area contributed by atoms with Crippen molar-refractivity contribution < 1.29 is 14.4 Å². The Bertz CT molecular complexity index is 510. The highest BCUT2D eigenvalue weighted by atomic mass is 32.1. The van der Waals surface area contributed by atoms with Gasteiger partial charge in [-0.15, -0.1) is 0 Å². The molecule has 0 fully saturated rings. The van der Waals surface area contributed by atoms with E-state index >= 15 is 0 Å². The van der Waals surface area contributed by atoms with Gasteiger partial charge in [-0.2, -0.15) is 4.37 Å². The van der Waals surface area contributed by atoms with E-state index in [0.29, 0.717) is 25.2 Å². The van der Waals surface area contributed by atoms with Crippen molar-refractivity contribution in [1.29, 1.82) is 0 Å². The van der Waals surface area contributed by atoms with Crippen LogP contribution in [0.5, 0.6) is 0 Å². The Morgan fingerprint density at radius 3 is 2.61 bits per heavy atom. The van der Waals surface area contributed by atoms with E-state index in [2.05, 4.69) is 15.0 Å². The number of Topliss-reactive ketones (excluding diaryl/α,β-unsaturated/α-hetero) is 1. The summed E-state index contributed by atoms with van der Waals surface area (Å²) >= 11 is 0.963. The van der Waals surface area contributed by atoms with Crippen molar-refractivity contribution in [2.24, 2.45) is 0 Å². The number of nitrogens with zero attached hydrogens (tertiary/aromatic N) is 1. The van der Waals surface area contributed by atoms with Crippen molar-refractivity contribution in [3.05, 3.63) is 16.1 Å². The second-order valence-corrected chi connectivity index (χ2v) is 4.85. The smallest absolute Gasteiger partial charge is 0.263 e. The van der Waals surface area contributed by atoms with E-state index in [1.165, 1.54) is 6.92 Å². The van der Waals surface area contributed by atoms with Gasteiger partial charge in [0, 0.05) is 13.1 Å². The third-order valence-electron chi connectivity index (χ3n) is 2.54. The molecule has 0 aromatic carbocycles. The highest BCUT2D eigenvalue weighted by Crippen LogP contribution is 2.20. The number of fused-ring (bicyclic) bond motifs is 1. The summed E-state index contributed by atoms with van der Waals surface area (Å²) in [7, 11) is 0. The van der Waals surface area contributed by atoms with Gasteiger partial charge in [0.25, 0.3) is 11.8 Å². The predicted molar refractivity (Wildman–Crippen MR) is 65.8 cm³/mol. The maximum Gasteiger partial charge on any atom is 0.263 e. The maximum absolute atomic E-state index is 12.0. The van der Waals surface area contributed by atoms with Crippen LogP contribution in [0.3, 0.4) is 0 Å². The van der Waals surface area contributed by atoms with Gasteiger partial charge < -0.3 is 10.6 Å². The van der Waals surface area contributed by atoms with Gasteiger partial charge in [-0.25, -0.2) is 0 Å². The van der Waals surface area contributed by atoms with Crippen LogP contribution in [-0.4, -0.2) is 35.1 Å². The predicted octanol–water partition coefficient (Wildman–Crippen LogP) is 0.138. The van der Waals surface area contributed by atoms with Gasteiger partial charge in [-0.1, -0.05) is 0 Å². The van der Waals surface area contributed by atoms with Crippen molar-refractivity contribution in [1.82, 2.24) is 15.0 Å². The molecule has 1 aliphatic rings. The first-order chi connectivity index (χ1) is 8.59. The average Bonchev–Trinajstić information content (AvgIpc) is 2.71. The molecule has 2 amide bonds. The lowest BCUT2D eigenvalue weighted by atomic mass is 10.1. The van der Waals surface area contributed by atoms with E-state index in [9.17, 15) is 14.4 Å². The van der Waals surface area contributed by atoms with Crippen LogP contribution in [0, 0.1) is 0 Å². The van der Waals surface area contributed by atoms with E-state index < -0.39 is 0 Å². The highest BCUT2D eigenvalue weighted by molar-refractivity contribution is 7.08. The molecule has 6 nitrogen and oxygen atoms in total. The summed E-state index contributed by atoms with van der Waals surface area (Å²) in [5.41, 5.74) is 0.631. The number of hydrogen-bond acceptors (Lipinski definition) is 5. The van der Waals surface area contributed by atoms with Crippen LogP contribution in [0.1, 0.15) is 39.1 Å². The fourth-order valence-electron chi connectivity index (χ4n) is 1.73. The Morgan fingerprint density at radius 2 is 1.94 bits per heavy atom. The first kappa shape index (κ1) is 12.7. The molecule has 0 bridgehead atoms. The van der Waals surface area contributed by atoms with Crippen LogP contribution in [-0.2, 0) is 11.2 Å². The van der Waals surface area contributed by atoms with Gasteiger partial charge in [-0.05, 0) is 24.9 Å². The quantitative estimate of drug-likeness (QED) is 0.797. The van der Waals surface area contributed by atoms with Gasteiger partial charge >= 0.3 is 0 Å². The number of rotatable bonds is 2. The third kappa shape index (κ3) is 2.56. The second-order valence-electron chi connectivity index (χ2n) is 4.08.